The maximum atomic E-state index is 12.3. The Morgan fingerprint density at radius 1 is 1.44 bits per heavy atom. The summed E-state index contributed by atoms with van der Waals surface area (Å²) < 4.78 is 6.48. The van der Waals surface area contributed by atoms with E-state index in [1.807, 2.05) is 46.0 Å². The number of ether oxygens (including phenoxy) is 1. The smallest absolute Gasteiger partial charge is 0.254 e. The highest BCUT2D eigenvalue weighted by Crippen LogP contribution is 2.17. The summed E-state index contributed by atoms with van der Waals surface area (Å²) >= 11 is 2.22. The van der Waals surface area contributed by atoms with E-state index in [4.69, 9.17) is 4.74 Å². The van der Waals surface area contributed by atoms with E-state index in [-0.39, 0.29) is 12.0 Å². The number of aryl methyl sites for hydroxylation is 1. The Morgan fingerprint density at radius 2 is 2.11 bits per heavy atom. The number of halogens is 1. The molecule has 1 amide bonds. The summed E-state index contributed by atoms with van der Waals surface area (Å²) in [6.07, 6.45) is 0.201. The number of amides is 1. The van der Waals surface area contributed by atoms with Gasteiger partial charge in [-0.05, 0) is 55.0 Å². The van der Waals surface area contributed by atoms with Crippen LogP contribution in [0.25, 0.3) is 0 Å². The van der Waals surface area contributed by atoms with Gasteiger partial charge in [0.1, 0.15) is 0 Å². The van der Waals surface area contributed by atoms with Crippen LogP contribution in [0.4, 0.5) is 0 Å². The van der Waals surface area contributed by atoms with Gasteiger partial charge in [0.2, 0.25) is 0 Å². The molecule has 0 saturated heterocycles. The Morgan fingerprint density at radius 3 is 2.72 bits per heavy atom. The molecule has 1 aromatic carbocycles. The lowest BCUT2D eigenvalue weighted by Crippen LogP contribution is -2.31. The summed E-state index contributed by atoms with van der Waals surface area (Å²) in [6, 6.07) is 5.81. The van der Waals surface area contributed by atoms with Crippen LogP contribution >= 0.6 is 22.6 Å². The molecule has 0 aliphatic heterocycles. The Hall–Kier alpha value is -0.620. The summed E-state index contributed by atoms with van der Waals surface area (Å²) in [5.41, 5.74) is 1.90. The molecule has 4 heteroatoms. The fourth-order valence-corrected chi connectivity index (χ4v) is 2.14. The van der Waals surface area contributed by atoms with E-state index in [2.05, 4.69) is 22.6 Å². The van der Waals surface area contributed by atoms with Crippen LogP contribution < -0.4 is 0 Å². The van der Waals surface area contributed by atoms with E-state index in [0.29, 0.717) is 13.2 Å². The average molecular weight is 361 g/mol. The molecule has 0 N–H and O–H groups in total. The second-order valence-electron chi connectivity index (χ2n) is 4.58. The molecule has 0 aromatic heterocycles. The molecule has 0 unspecified atom stereocenters. The third kappa shape index (κ3) is 4.24. The highest BCUT2D eigenvalue weighted by Gasteiger charge is 2.15. The van der Waals surface area contributed by atoms with Gasteiger partial charge >= 0.3 is 0 Å². The van der Waals surface area contributed by atoms with Crippen molar-refractivity contribution in [1.29, 1.82) is 0 Å². The average Bonchev–Trinajstić information content (AvgIpc) is 2.31. The van der Waals surface area contributed by atoms with Crippen molar-refractivity contribution in [3.05, 3.63) is 32.9 Å². The van der Waals surface area contributed by atoms with E-state index in [1.165, 1.54) is 0 Å². The highest BCUT2D eigenvalue weighted by molar-refractivity contribution is 14.1. The van der Waals surface area contributed by atoms with Gasteiger partial charge in [-0.2, -0.15) is 0 Å². The largest absolute Gasteiger partial charge is 0.377 e. The summed E-state index contributed by atoms with van der Waals surface area (Å²) in [4.78, 5) is 14.0. The first kappa shape index (κ1) is 15.4. The zero-order chi connectivity index (χ0) is 13.7. The van der Waals surface area contributed by atoms with Crippen molar-refractivity contribution >= 4 is 28.5 Å². The Balaban J connectivity index is 2.66. The van der Waals surface area contributed by atoms with E-state index < -0.39 is 0 Å². The predicted molar refractivity (Wildman–Crippen MR) is 81.9 cm³/mol. The number of rotatable bonds is 5. The molecule has 0 saturated carbocycles. The molecule has 0 aliphatic carbocycles. The van der Waals surface area contributed by atoms with Gasteiger partial charge in [0.05, 0.1) is 18.3 Å². The Kier molecular flexibility index (Phi) is 6.08. The summed E-state index contributed by atoms with van der Waals surface area (Å²) in [5, 5.41) is 0. The van der Waals surface area contributed by atoms with Crippen LogP contribution in [0.1, 0.15) is 29.8 Å². The monoisotopic (exact) mass is 361 g/mol. The van der Waals surface area contributed by atoms with Crippen molar-refractivity contribution in [3.63, 3.8) is 0 Å². The van der Waals surface area contributed by atoms with Gasteiger partial charge in [-0.15, -0.1) is 0 Å². The molecule has 1 aromatic rings. The Bertz CT molecular complexity index is 418. The van der Waals surface area contributed by atoms with Crippen LogP contribution in [0.5, 0.6) is 0 Å². The molecule has 0 spiro atoms. The fourth-order valence-electron chi connectivity index (χ4n) is 1.55. The molecule has 0 fully saturated rings. The second kappa shape index (κ2) is 7.09. The number of hydrogen-bond donors (Lipinski definition) is 0. The van der Waals surface area contributed by atoms with Crippen LogP contribution in [0.3, 0.4) is 0 Å². The van der Waals surface area contributed by atoms with Gasteiger partial charge in [0.25, 0.3) is 5.91 Å². The molecular weight excluding hydrogens is 341 g/mol. The number of benzene rings is 1. The van der Waals surface area contributed by atoms with Crippen molar-refractivity contribution in [1.82, 2.24) is 4.90 Å². The number of nitrogens with zero attached hydrogens (tertiary/aromatic N) is 1. The van der Waals surface area contributed by atoms with Crippen LogP contribution in [0.15, 0.2) is 18.2 Å². The summed E-state index contributed by atoms with van der Waals surface area (Å²) in [5.74, 6) is 0.0513. The van der Waals surface area contributed by atoms with Gasteiger partial charge in [0.15, 0.2) is 0 Å². The lowest BCUT2D eigenvalue weighted by Gasteiger charge is -2.19. The van der Waals surface area contributed by atoms with E-state index in [9.17, 15) is 4.79 Å². The van der Waals surface area contributed by atoms with Crippen LogP contribution in [-0.2, 0) is 4.74 Å². The van der Waals surface area contributed by atoms with Crippen molar-refractivity contribution < 1.29 is 9.53 Å². The maximum Gasteiger partial charge on any atom is 0.254 e. The molecule has 1 rings (SSSR count). The first-order chi connectivity index (χ1) is 8.43. The van der Waals surface area contributed by atoms with E-state index >= 15 is 0 Å². The van der Waals surface area contributed by atoms with Crippen molar-refractivity contribution in [2.75, 3.05) is 20.2 Å². The van der Waals surface area contributed by atoms with Gasteiger partial charge in [-0.1, -0.05) is 12.1 Å². The SMILES string of the molecule is Cc1cccc(C(=O)N(C)CCOC(C)C)c1I. The van der Waals surface area contributed by atoms with Gasteiger partial charge in [0, 0.05) is 17.2 Å². The van der Waals surface area contributed by atoms with Gasteiger partial charge in [-0.3, -0.25) is 4.79 Å². The molecule has 0 heterocycles. The van der Waals surface area contributed by atoms with Crippen LogP contribution in [0, 0.1) is 10.5 Å². The molecule has 0 bridgehead atoms. The topological polar surface area (TPSA) is 29.5 Å². The number of likely N-dealkylation sites (N-methyl/N-ethyl adjacent to an activating group) is 1. The minimum absolute atomic E-state index is 0.0513. The second-order valence-corrected chi connectivity index (χ2v) is 5.66. The van der Waals surface area contributed by atoms with Gasteiger partial charge in [-0.25, -0.2) is 0 Å². The molecule has 0 atom stereocenters. The lowest BCUT2D eigenvalue weighted by atomic mass is 10.1. The minimum atomic E-state index is 0.0513. The third-order valence-electron chi connectivity index (χ3n) is 2.65. The van der Waals surface area contributed by atoms with E-state index in [0.717, 1.165) is 14.7 Å². The number of carbonyl (C=O) groups excluding carboxylic acids is 1. The van der Waals surface area contributed by atoms with Crippen LogP contribution in [-0.4, -0.2) is 37.1 Å². The van der Waals surface area contributed by atoms with Gasteiger partial charge < -0.3 is 9.64 Å². The quantitative estimate of drug-likeness (QED) is 0.755. The first-order valence-corrected chi connectivity index (χ1v) is 7.13. The zero-order valence-electron chi connectivity index (χ0n) is 11.4. The molecule has 18 heavy (non-hydrogen) atoms. The standard InChI is InChI=1S/C14H20INO2/c1-10(2)18-9-8-16(4)14(17)12-7-5-6-11(3)13(12)15/h5-7,10H,8-9H2,1-4H3. The zero-order valence-corrected chi connectivity index (χ0v) is 13.5. The predicted octanol–water partition coefficient (Wildman–Crippen LogP) is 3.10. The van der Waals surface area contributed by atoms with Crippen LogP contribution in [0.2, 0.25) is 0 Å². The summed E-state index contributed by atoms with van der Waals surface area (Å²) in [7, 11) is 1.81. The lowest BCUT2D eigenvalue weighted by molar-refractivity contribution is 0.0531. The molecular formula is C14H20INO2. The normalized spacial score (nSPS) is 10.8. The fraction of sp³-hybridized carbons (Fsp3) is 0.500. The number of hydrogen-bond acceptors (Lipinski definition) is 2. The Labute approximate surface area is 123 Å². The third-order valence-corrected chi connectivity index (χ3v) is 4.08. The molecule has 100 valence electrons. The van der Waals surface area contributed by atoms with Crippen molar-refractivity contribution in [2.45, 2.75) is 26.9 Å². The van der Waals surface area contributed by atoms with Crippen molar-refractivity contribution in [2.24, 2.45) is 0 Å². The number of carbonyl (C=O) groups is 1. The minimum Gasteiger partial charge on any atom is -0.377 e. The summed E-state index contributed by atoms with van der Waals surface area (Å²) in [6.45, 7) is 7.18. The maximum absolute atomic E-state index is 12.3. The molecule has 0 aliphatic rings. The molecule has 0 radical (unpaired) electrons. The van der Waals surface area contributed by atoms with E-state index in [1.54, 1.807) is 4.90 Å². The highest BCUT2D eigenvalue weighted by atomic mass is 127. The van der Waals surface area contributed by atoms with Crippen molar-refractivity contribution in [3.8, 4) is 0 Å². The molecule has 3 nitrogen and oxygen atoms in total. The first-order valence-electron chi connectivity index (χ1n) is 6.05.